The average molecular weight is 266 g/mol. The minimum atomic E-state index is -0.434. The maximum Gasteiger partial charge on any atom is 0.311 e. The number of hydrogen-bond donors (Lipinski definition) is 2. The van der Waals surface area contributed by atoms with Crippen molar-refractivity contribution in [1.29, 1.82) is 0 Å². The third-order valence-corrected chi connectivity index (χ3v) is 3.21. The number of nitrogens with one attached hydrogen (secondary N) is 2. The maximum atomic E-state index is 11.0. The Labute approximate surface area is 111 Å². The number of nitro groups is 1. The zero-order chi connectivity index (χ0) is 13.8. The van der Waals surface area contributed by atoms with E-state index in [0.717, 1.165) is 19.4 Å². The van der Waals surface area contributed by atoms with Crippen molar-refractivity contribution < 1.29 is 9.66 Å². The van der Waals surface area contributed by atoms with Crippen molar-refractivity contribution in [3.8, 4) is 0 Å². The highest BCUT2D eigenvalue weighted by molar-refractivity contribution is 5.60. The van der Waals surface area contributed by atoms with Crippen molar-refractivity contribution in [3.63, 3.8) is 0 Å². The SMILES string of the molecule is CNc1ccc([N+](=O)[O-])c(NC(C)C2CCCO2)n1. The molecule has 0 aromatic carbocycles. The van der Waals surface area contributed by atoms with Gasteiger partial charge in [-0.05, 0) is 25.8 Å². The lowest BCUT2D eigenvalue weighted by Gasteiger charge is -2.20. The van der Waals surface area contributed by atoms with Crippen molar-refractivity contribution >= 4 is 17.3 Å². The molecule has 2 atom stereocenters. The second kappa shape index (κ2) is 5.83. The molecule has 0 radical (unpaired) electrons. The molecular formula is C12H18N4O3. The van der Waals surface area contributed by atoms with Gasteiger partial charge in [-0.2, -0.15) is 0 Å². The molecule has 0 spiro atoms. The van der Waals surface area contributed by atoms with E-state index in [2.05, 4.69) is 15.6 Å². The smallest absolute Gasteiger partial charge is 0.311 e. The van der Waals surface area contributed by atoms with E-state index in [1.807, 2.05) is 6.92 Å². The summed E-state index contributed by atoms with van der Waals surface area (Å²) in [7, 11) is 1.72. The van der Waals surface area contributed by atoms with E-state index < -0.39 is 4.92 Å². The molecule has 7 heteroatoms. The minimum absolute atomic E-state index is 0.0131. The first-order valence-electron chi connectivity index (χ1n) is 6.33. The van der Waals surface area contributed by atoms with Crippen LogP contribution in [0.4, 0.5) is 17.3 Å². The molecule has 1 fully saturated rings. The molecule has 19 heavy (non-hydrogen) atoms. The molecule has 2 N–H and O–H groups in total. The maximum absolute atomic E-state index is 11.0. The fourth-order valence-corrected chi connectivity index (χ4v) is 2.15. The van der Waals surface area contributed by atoms with Crippen LogP contribution in [0.25, 0.3) is 0 Å². The van der Waals surface area contributed by atoms with Gasteiger partial charge in [0.15, 0.2) is 0 Å². The van der Waals surface area contributed by atoms with Crippen LogP contribution < -0.4 is 10.6 Å². The van der Waals surface area contributed by atoms with Crippen LogP contribution in [0.5, 0.6) is 0 Å². The molecule has 1 aromatic rings. The highest BCUT2D eigenvalue weighted by atomic mass is 16.6. The van der Waals surface area contributed by atoms with Gasteiger partial charge >= 0.3 is 5.69 Å². The van der Waals surface area contributed by atoms with E-state index in [9.17, 15) is 10.1 Å². The first-order valence-corrected chi connectivity index (χ1v) is 6.33. The van der Waals surface area contributed by atoms with Gasteiger partial charge in [0.1, 0.15) is 5.82 Å². The summed E-state index contributed by atoms with van der Waals surface area (Å²) in [4.78, 5) is 14.8. The van der Waals surface area contributed by atoms with Gasteiger partial charge < -0.3 is 15.4 Å². The van der Waals surface area contributed by atoms with Crippen LogP contribution in [0.15, 0.2) is 12.1 Å². The fourth-order valence-electron chi connectivity index (χ4n) is 2.15. The molecule has 0 saturated carbocycles. The Morgan fingerprint density at radius 3 is 2.95 bits per heavy atom. The van der Waals surface area contributed by atoms with Crippen molar-refractivity contribution in [2.24, 2.45) is 0 Å². The Bertz CT molecular complexity index is 460. The van der Waals surface area contributed by atoms with Gasteiger partial charge in [0.05, 0.1) is 17.1 Å². The fraction of sp³-hybridized carbons (Fsp3) is 0.583. The van der Waals surface area contributed by atoms with Gasteiger partial charge in [-0.15, -0.1) is 0 Å². The number of hydrogen-bond acceptors (Lipinski definition) is 6. The highest BCUT2D eigenvalue weighted by Gasteiger charge is 2.25. The summed E-state index contributed by atoms with van der Waals surface area (Å²) < 4.78 is 5.57. The Balaban J connectivity index is 2.18. The number of anilines is 2. The molecule has 2 heterocycles. The number of nitrogens with zero attached hydrogens (tertiary/aromatic N) is 2. The quantitative estimate of drug-likeness (QED) is 0.626. The van der Waals surface area contributed by atoms with Crippen LogP contribution in [0.2, 0.25) is 0 Å². The van der Waals surface area contributed by atoms with E-state index in [-0.39, 0.29) is 23.7 Å². The highest BCUT2D eigenvalue weighted by Crippen LogP contribution is 2.26. The van der Waals surface area contributed by atoms with Crippen LogP contribution in [-0.4, -0.2) is 35.7 Å². The second-order valence-corrected chi connectivity index (χ2v) is 4.56. The summed E-state index contributed by atoms with van der Waals surface area (Å²) in [5.41, 5.74) is -0.0242. The normalized spacial score (nSPS) is 20.0. The number of pyridine rings is 1. The van der Waals surface area contributed by atoms with E-state index in [0.29, 0.717) is 5.82 Å². The molecule has 1 aliphatic heterocycles. The minimum Gasteiger partial charge on any atom is -0.376 e. The zero-order valence-electron chi connectivity index (χ0n) is 11.0. The van der Waals surface area contributed by atoms with E-state index >= 15 is 0 Å². The number of rotatable bonds is 5. The summed E-state index contributed by atoms with van der Waals surface area (Å²) >= 11 is 0. The van der Waals surface area contributed by atoms with Gasteiger partial charge in [-0.3, -0.25) is 10.1 Å². The summed E-state index contributed by atoms with van der Waals surface area (Å²) in [6, 6.07) is 3.02. The van der Waals surface area contributed by atoms with E-state index in [4.69, 9.17) is 4.74 Å². The average Bonchev–Trinajstić information content (AvgIpc) is 2.92. The lowest BCUT2D eigenvalue weighted by molar-refractivity contribution is -0.384. The van der Waals surface area contributed by atoms with Crippen LogP contribution in [-0.2, 0) is 4.74 Å². The van der Waals surface area contributed by atoms with Crippen molar-refractivity contribution in [3.05, 3.63) is 22.2 Å². The molecule has 1 aromatic heterocycles. The van der Waals surface area contributed by atoms with Gasteiger partial charge in [0.2, 0.25) is 5.82 Å². The first-order chi connectivity index (χ1) is 9.11. The summed E-state index contributed by atoms with van der Waals surface area (Å²) in [6.07, 6.45) is 2.08. The van der Waals surface area contributed by atoms with Gasteiger partial charge in [-0.1, -0.05) is 0 Å². The number of aromatic nitrogens is 1. The third-order valence-electron chi connectivity index (χ3n) is 3.21. The molecular weight excluding hydrogens is 248 g/mol. The van der Waals surface area contributed by atoms with Crippen LogP contribution in [0.3, 0.4) is 0 Å². The monoisotopic (exact) mass is 266 g/mol. The Morgan fingerprint density at radius 2 is 2.37 bits per heavy atom. The third kappa shape index (κ3) is 3.11. The lowest BCUT2D eigenvalue weighted by Crippen LogP contribution is -2.30. The van der Waals surface area contributed by atoms with Crippen molar-refractivity contribution in [1.82, 2.24) is 4.98 Å². The first kappa shape index (κ1) is 13.5. The lowest BCUT2D eigenvalue weighted by atomic mass is 10.1. The van der Waals surface area contributed by atoms with Crippen LogP contribution >= 0.6 is 0 Å². The van der Waals surface area contributed by atoms with Crippen LogP contribution in [0.1, 0.15) is 19.8 Å². The molecule has 0 aliphatic carbocycles. The molecule has 1 aliphatic rings. The Morgan fingerprint density at radius 1 is 1.58 bits per heavy atom. The predicted molar refractivity (Wildman–Crippen MR) is 72.5 cm³/mol. The largest absolute Gasteiger partial charge is 0.376 e. The van der Waals surface area contributed by atoms with Gasteiger partial charge in [0.25, 0.3) is 0 Å². The van der Waals surface area contributed by atoms with Gasteiger partial charge in [0, 0.05) is 19.7 Å². The molecule has 2 unspecified atom stereocenters. The molecule has 0 bridgehead atoms. The summed E-state index contributed by atoms with van der Waals surface area (Å²) in [5.74, 6) is 0.868. The van der Waals surface area contributed by atoms with Crippen molar-refractivity contribution in [2.75, 3.05) is 24.3 Å². The summed E-state index contributed by atoms with van der Waals surface area (Å²) in [5, 5.41) is 17.0. The predicted octanol–water partition coefficient (Wildman–Crippen LogP) is 2.01. The Hall–Kier alpha value is -1.89. The topological polar surface area (TPSA) is 89.3 Å². The standard InChI is InChI=1S/C12H18N4O3/c1-8(10-4-3-7-19-10)14-12-9(16(17)18)5-6-11(13-2)15-12/h5-6,8,10H,3-4,7H2,1-2H3,(H2,13,14,15). The molecule has 2 rings (SSSR count). The van der Waals surface area contributed by atoms with E-state index in [1.54, 1.807) is 13.1 Å². The zero-order valence-corrected chi connectivity index (χ0v) is 11.0. The molecule has 1 saturated heterocycles. The molecule has 0 amide bonds. The molecule has 104 valence electrons. The Kier molecular flexibility index (Phi) is 4.16. The summed E-state index contributed by atoms with van der Waals surface area (Å²) in [6.45, 7) is 2.70. The number of ether oxygens (including phenoxy) is 1. The van der Waals surface area contributed by atoms with Crippen molar-refractivity contribution in [2.45, 2.75) is 31.9 Å². The van der Waals surface area contributed by atoms with Crippen LogP contribution in [0, 0.1) is 10.1 Å². The second-order valence-electron chi connectivity index (χ2n) is 4.56. The molecule has 7 nitrogen and oxygen atoms in total. The van der Waals surface area contributed by atoms with Gasteiger partial charge in [-0.25, -0.2) is 4.98 Å². The van der Waals surface area contributed by atoms with E-state index in [1.165, 1.54) is 6.07 Å².